The number of hydrogen-bond acceptors (Lipinski definition) is 3. The molecule has 0 aliphatic heterocycles. The van der Waals surface area contributed by atoms with Gasteiger partial charge in [-0.15, -0.1) is 0 Å². The molecule has 20 heavy (non-hydrogen) atoms. The zero-order valence-corrected chi connectivity index (χ0v) is 13.3. The molecular formula is C15H23ClN2O2. The molecule has 1 amide bonds. The third-order valence-corrected chi connectivity index (χ3v) is 3.23. The van der Waals surface area contributed by atoms with Crippen LogP contribution >= 0.6 is 11.6 Å². The molecule has 1 aromatic carbocycles. The minimum Gasteiger partial charge on any atom is -0.495 e. The summed E-state index contributed by atoms with van der Waals surface area (Å²) in [5, 5.41) is 3.31. The summed E-state index contributed by atoms with van der Waals surface area (Å²) in [7, 11) is 1.55. The van der Waals surface area contributed by atoms with Crippen LogP contribution in [0.1, 0.15) is 27.2 Å². The van der Waals surface area contributed by atoms with E-state index in [2.05, 4.69) is 26.1 Å². The Morgan fingerprint density at radius 1 is 1.45 bits per heavy atom. The average Bonchev–Trinajstić information content (AvgIpc) is 2.35. The first-order valence-electron chi connectivity index (χ1n) is 6.61. The second-order valence-electron chi connectivity index (χ2n) is 6.04. The van der Waals surface area contributed by atoms with Gasteiger partial charge >= 0.3 is 0 Å². The van der Waals surface area contributed by atoms with Crippen LogP contribution in [0.3, 0.4) is 0 Å². The van der Waals surface area contributed by atoms with Gasteiger partial charge in [-0.2, -0.15) is 0 Å². The van der Waals surface area contributed by atoms with E-state index in [-0.39, 0.29) is 17.2 Å². The van der Waals surface area contributed by atoms with Crippen LogP contribution in [0.25, 0.3) is 0 Å². The van der Waals surface area contributed by atoms with Crippen LogP contribution in [-0.2, 0) is 4.79 Å². The number of carbonyl (C=O) groups is 1. The highest BCUT2D eigenvalue weighted by molar-refractivity contribution is 6.32. The minimum atomic E-state index is -0.212. The molecule has 0 aliphatic rings. The Kier molecular flexibility index (Phi) is 5.84. The Bertz CT molecular complexity index is 469. The fourth-order valence-electron chi connectivity index (χ4n) is 2.01. The molecule has 1 atom stereocenters. The molecule has 0 saturated carbocycles. The molecule has 5 heteroatoms. The zero-order valence-electron chi connectivity index (χ0n) is 12.5. The van der Waals surface area contributed by atoms with Crippen LogP contribution in [0.5, 0.6) is 5.75 Å². The van der Waals surface area contributed by atoms with Crippen molar-refractivity contribution in [2.24, 2.45) is 17.1 Å². The van der Waals surface area contributed by atoms with Gasteiger partial charge in [-0.3, -0.25) is 4.79 Å². The number of anilines is 1. The van der Waals surface area contributed by atoms with E-state index in [0.29, 0.717) is 23.0 Å². The molecule has 0 radical (unpaired) electrons. The van der Waals surface area contributed by atoms with E-state index < -0.39 is 0 Å². The lowest BCUT2D eigenvalue weighted by Gasteiger charge is -2.24. The van der Waals surface area contributed by atoms with E-state index in [9.17, 15) is 4.79 Å². The van der Waals surface area contributed by atoms with Gasteiger partial charge in [-0.05, 0) is 30.0 Å². The van der Waals surface area contributed by atoms with Crippen molar-refractivity contribution in [3.63, 3.8) is 0 Å². The summed E-state index contributed by atoms with van der Waals surface area (Å²) >= 11 is 6.03. The van der Waals surface area contributed by atoms with Crippen molar-refractivity contribution >= 4 is 23.2 Å². The molecular weight excluding hydrogens is 276 g/mol. The molecule has 0 spiro atoms. The number of amides is 1. The standard InChI is InChI=1S/C15H23ClN2O2/c1-15(2,3)8-10(9-17)14(19)18-11-5-6-13(20-4)12(16)7-11/h5-7,10H,8-9,17H2,1-4H3,(H,18,19). The van der Waals surface area contributed by atoms with Crippen LogP contribution in [0.15, 0.2) is 18.2 Å². The molecule has 1 aromatic rings. The van der Waals surface area contributed by atoms with Gasteiger partial charge in [-0.1, -0.05) is 32.4 Å². The van der Waals surface area contributed by atoms with E-state index in [1.54, 1.807) is 25.3 Å². The largest absolute Gasteiger partial charge is 0.495 e. The van der Waals surface area contributed by atoms with Gasteiger partial charge in [0.15, 0.2) is 0 Å². The van der Waals surface area contributed by atoms with Gasteiger partial charge in [0.1, 0.15) is 5.75 Å². The summed E-state index contributed by atoms with van der Waals surface area (Å²) in [4.78, 5) is 12.2. The number of nitrogens with two attached hydrogens (primary N) is 1. The molecule has 3 N–H and O–H groups in total. The first kappa shape index (κ1) is 16.8. The van der Waals surface area contributed by atoms with Gasteiger partial charge in [0.2, 0.25) is 5.91 Å². The number of benzene rings is 1. The van der Waals surface area contributed by atoms with Gasteiger partial charge in [0.05, 0.1) is 18.1 Å². The van der Waals surface area contributed by atoms with E-state index in [0.717, 1.165) is 6.42 Å². The molecule has 0 heterocycles. The lowest BCUT2D eigenvalue weighted by Crippen LogP contribution is -2.32. The number of hydrogen-bond donors (Lipinski definition) is 2. The van der Waals surface area contributed by atoms with Crippen LogP contribution in [0, 0.1) is 11.3 Å². The van der Waals surface area contributed by atoms with Crippen molar-refractivity contribution < 1.29 is 9.53 Å². The minimum absolute atomic E-state index is 0.0545. The first-order valence-corrected chi connectivity index (χ1v) is 6.99. The fourth-order valence-corrected chi connectivity index (χ4v) is 2.27. The zero-order chi connectivity index (χ0) is 15.3. The van der Waals surface area contributed by atoms with Crippen molar-refractivity contribution in [2.45, 2.75) is 27.2 Å². The van der Waals surface area contributed by atoms with Crippen LogP contribution in [0.4, 0.5) is 5.69 Å². The topological polar surface area (TPSA) is 64.3 Å². The number of nitrogens with one attached hydrogen (secondary N) is 1. The maximum absolute atomic E-state index is 12.2. The highest BCUT2D eigenvalue weighted by Gasteiger charge is 2.23. The normalized spacial score (nSPS) is 12.9. The molecule has 1 rings (SSSR count). The second-order valence-corrected chi connectivity index (χ2v) is 6.44. The Labute approximate surface area is 125 Å². The maximum Gasteiger partial charge on any atom is 0.228 e. The van der Waals surface area contributed by atoms with Crippen molar-refractivity contribution in [1.29, 1.82) is 0 Å². The molecule has 4 nitrogen and oxygen atoms in total. The number of rotatable bonds is 5. The van der Waals surface area contributed by atoms with E-state index in [1.807, 2.05) is 0 Å². The van der Waals surface area contributed by atoms with Crippen LogP contribution in [-0.4, -0.2) is 19.6 Å². The van der Waals surface area contributed by atoms with Crippen molar-refractivity contribution in [3.8, 4) is 5.75 Å². The summed E-state index contributed by atoms with van der Waals surface area (Å²) < 4.78 is 5.07. The van der Waals surface area contributed by atoms with E-state index >= 15 is 0 Å². The number of methoxy groups -OCH3 is 1. The molecule has 0 fully saturated rings. The second kappa shape index (κ2) is 6.95. The lowest BCUT2D eigenvalue weighted by molar-refractivity contribution is -0.120. The van der Waals surface area contributed by atoms with Crippen molar-refractivity contribution in [3.05, 3.63) is 23.2 Å². The Hall–Kier alpha value is -1.26. The Morgan fingerprint density at radius 3 is 2.55 bits per heavy atom. The predicted octanol–water partition coefficient (Wildman–Crippen LogP) is 3.30. The van der Waals surface area contributed by atoms with E-state index in [1.165, 1.54) is 0 Å². The third kappa shape index (κ3) is 5.02. The van der Waals surface area contributed by atoms with Crippen molar-refractivity contribution in [2.75, 3.05) is 19.0 Å². The summed E-state index contributed by atoms with van der Waals surface area (Å²) in [5.74, 6) is 0.286. The quantitative estimate of drug-likeness (QED) is 0.876. The summed E-state index contributed by atoms with van der Waals surface area (Å²) in [5.41, 5.74) is 6.40. The molecule has 1 unspecified atom stereocenters. The molecule has 0 aromatic heterocycles. The van der Waals surface area contributed by atoms with Gasteiger partial charge < -0.3 is 15.8 Å². The monoisotopic (exact) mass is 298 g/mol. The van der Waals surface area contributed by atoms with Crippen LogP contribution < -0.4 is 15.8 Å². The maximum atomic E-state index is 12.2. The number of carbonyl (C=O) groups excluding carboxylic acids is 1. The SMILES string of the molecule is COc1ccc(NC(=O)C(CN)CC(C)(C)C)cc1Cl. The highest BCUT2D eigenvalue weighted by atomic mass is 35.5. The van der Waals surface area contributed by atoms with Gasteiger partial charge in [0, 0.05) is 12.2 Å². The van der Waals surface area contributed by atoms with Gasteiger partial charge in [-0.25, -0.2) is 0 Å². The summed E-state index contributed by atoms with van der Waals surface area (Å²) in [6.45, 7) is 6.60. The average molecular weight is 299 g/mol. The smallest absolute Gasteiger partial charge is 0.228 e. The summed E-state index contributed by atoms with van der Waals surface area (Å²) in [6.07, 6.45) is 0.735. The van der Waals surface area contributed by atoms with E-state index in [4.69, 9.17) is 22.1 Å². The fraction of sp³-hybridized carbons (Fsp3) is 0.533. The number of ether oxygens (including phenoxy) is 1. The lowest BCUT2D eigenvalue weighted by atomic mass is 9.84. The van der Waals surface area contributed by atoms with Crippen LogP contribution in [0.2, 0.25) is 5.02 Å². The predicted molar refractivity (Wildman–Crippen MR) is 83.3 cm³/mol. The molecule has 0 bridgehead atoms. The van der Waals surface area contributed by atoms with Gasteiger partial charge in [0.25, 0.3) is 0 Å². The first-order chi connectivity index (χ1) is 9.26. The van der Waals surface area contributed by atoms with Crippen molar-refractivity contribution in [1.82, 2.24) is 0 Å². The molecule has 112 valence electrons. The Balaban J connectivity index is 2.76. The molecule has 0 aliphatic carbocycles. The Morgan fingerprint density at radius 2 is 2.10 bits per heavy atom. The molecule has 0 saturated heterocycles. The summed E-state index contributed by atoms with van der Waals surface area (Å²) in [6, 6.07) is 5.15. The third-order valence-electron chi connectivity index (χ3n) is 2.93. The number of halogens is 1. The highest BCUT2D eigenvalue weighted by Crippen LogP contribution is 2.28.